The number of carbonyl (C=O) groups excluding carboxylic acids is 1. The number of hydrogen-bond donors (Lipinski definition) is 0. The number of aryl methyl sites for hydroxylation is 1. The lowest BCUT2D eigenvalue weighted by Crippen LogP contribution is -2.30. The third kappa shape index (κ3) is 4.04. The molecule has 0 bridgehead atoms. The highest BCUT2D eigenvalue weighted by molar-refractivity contribution is 7.16. The molecule has 0 spiro atoms. The molecule has 0 amide bonds. The van der Waals surface area contributed by atoms with Crippen LogP contribution in [0.2, 0.25) is 0 Å². The molecule has 118 valence electrons. The van der Waals surface area contributed by atoms with Gasteiger partial charge in [0, 0.05) is 24.4 Å². The van der Waals surface area contributed by atoms with E-state index < -0.39 is 0 Å². The number of fused-ring (bicyclic) bond motifs is 1. The molecule has 0 radical (unpaired) electrons. The van der Waals surface area contributed by atoms with Gasteiger partial charge in [-0.1, -0.05) is 13.8 Å². The summed E-state index contributed by atoms with van der Waals surface area (Å²) in [5, 5.41) is 1.04. The number of carbonyl (C=O) groups is 1. The minimum absolute atomic E-state index is 0.234. The van der Waals surface area contributed by atoms with Crippen molar-refractivity contribution in [3.63, 3.8) is 0 Å². The van der Waals surface area contributed by atoms with E-state index in [1.807, 2.05) is 0 Å². The summed E-state index contributed by atoms with van der Waals surface area (Å²) in [6.45, 7) is 11.9. The van der Waals surface area contributed by atoms with Gasteiger partial charge in [0.15, 0.2) is 10.9 Å². The van der Waals surface area contributed by atoms with Crippen LogP contribution >= 0.6 is 11.3 Å². The molecular weight excluding hydrogens is 282 g/mol. The molecule has 0 saturated carbocycles. The molecule has 21 heavy (non-hydrogen) atoms. The second kappa shape index (κ2) is 7.90. The lowest BCUT2D eigenvalue weighted by Gasteiger charge is -2.23. The molecule has 0 fully saturated rings. The zero-order chi connectivity index (χ0) is 15.2. The highest BCUT2D eigenvalue weighted by Gasteiger charge is 2.23. The van der Waals surface area contributed by atoms with E-state index >= 15 is 0 Å². The number of Topliss-reactive ketones (excluding diaryl/α,β-unsaturated/α-hetero) is 1. The van der Waals surface area contributed by atoms with Crippen molar-refractivity contribution in [1.82, 2.24) is 9.88 Å². The van der Waals surface area contributed by atoms with Crippen molar-refractivity contribution < 1.29 is 4.79 Å². The van der Waals surface area contributed by atoms with Crippen LogP contribution in [0, 0.1) is 0 Å². The molecule has 5 heteroatoms. The SMILES string of the molecule is CCN(CC)CCCN(CC)c1nc2c(s1)CCCC2=O. The van der Waals surface area contributed by atoms with Gasteiger partial charge >= 0.3 is 0 Å². The Bertz CT molecular complexity index is 468. The summed E-state index contributed by atoms with van der Waals surface area (Å²) in [4.78, 5) is 22.5. The fourth-order valence-electron chi connectivity index (χ4n) is 2.80. The van der Waals surface area contributed by atoms with Crippen LogP contribution in [0.3, 0.4) is 0 Å². The summed E-state index contributed by atoms with van der Waals surface area (Å²) in [6, 6.07) is 0. The summed E-state index contributed by atoms with van der Waals surface area (Å²) in [5.74, 6) is 0.234. The average molecular weight is 309 g/mol. The van der Waals surface area contributed by atoms with Crippen LogP contribution in [-0.2, 0) is 6.42 Å². The third-order valence-corrected chi connectivity index (χ3v) is 5.38. The first-order valence-electron chi connectivity index (χ1n) is 8.19. The summed E-state index contributed by atoms with van der Waals surface area (Å²) in [6.07, 6.45) is 3.83. The van der Waals surface area contributed by atoms with Crippen LogP contribution in [0.4, 0.5) is 5.13 Å². The molecule has 1 heterocycles. The first-order chi connectivity index (χ1) is 10.2. The van der Waals surface area contributed by atoms with Crippen molar-refractivity contribution in [3.8, 4) is 0 Å². The predicted molar refractivity (Wildman–Crippen MR) is 89.7 cm³/mol. The van der Waals surface area contributed by atoms with E-state index in [9.17, 15) is 4.79 Å². The Morgan fingerprint density at radius 3 is 2.48 bits per heavy atom. The van der Waals surface area contributed by atoms with Crippen molar-refractivity contribution in [1.29, 1.82) is 0 Å². The maximum Gasteiger partial charge on any atom is 0.186 e. The Balaban J connectivity index is 1.96. The Morgan fingerprint density at radius 2 is 1.86 bits per heavy atom. The normalized spacial score (nSPS) is 14.6. The molecule has 0 aliphatic heterocycles. The third-order valence-electron chi connectivity index (χ3n) is 4.21. The van der Waals surface area contributed by atoms with E-state index in [4.69, 9.17) is 0 Å². The van der Waals surface area contributed by atoms with Crippen molar-refractivity contribution in [2.75, 3.05) is 37.6 Å². The molecule has 4 nitrogen and oxygen atoms in total. The summed E-state index contributed by atoms with van der Waals surface area (Å²) >= 11 is 1.72. The maximum absolute atomic E-state index is 11.9. The molecule has 0 saturated heterocycles. The van der Waals surface area contributed by atoms with E-state index in [0.29, 0.717) is 6.42 Å². The fourth-order valence-corrected chi connectivity index (χ4v) is 4.01. The second-order valence-corrected chi connectivity index (χ2v) is 6.57. The highest BCUT2D eigenvalue weighted by Crippen LogP contribution is 2.31. The van der Waals surface area contributed by atoms with Gasteiger partial charge in [0.1, 0.15) is 5.69 Å². The summed E-state index contributed by atoms with van der Waals surface area (Å²) in [7, 11) is 0. The quantitative estimate of drug-likeness (QED) is 0.739. The molecule has 0 atom stereocenters. The summed E-state index contributed by atoms with van der Waals surface area (Å²) in [5.41, 5.74) is 0.753. The molecule has 1 aliphatic rings. The standard InChI is InChI=1S/C16H27N3OS/c1-4-18(5-2)11-8-12-19(6-3)16-17-15-13(20)9-7-10-14(15)21-16/h4-12H2,1-3H3. The smallest absolute Gasteiger partial charge is 0.186 e. The molecule has 1 aromatic rings. The minimum Gasteiger partial charge on any atom is -0.348 e. The van der Waals surface area contributed by atoms with Crippen LogP contribution in [-0.4, -0.2) is 48.4 Å². The highest BCUT2D eigenvalue weighted by atomic mass is 32.1. The maximum atomic E-state index is 11.9. The molecule has 1 aromatic heterocycles. The number of thiazole rings is 1. The lowest BCUT2D eigenvalue weighted by molar-refractivity contribution is 0.0968. The van der Waals surface area contributed by atoms with Crippen molar-refractivity contribution in [3.05, 3.63) is 10.6 Å². The van der Waals surface area contributed by atoms with Gasteiger partial charge in [-0.2, -0.15) is 0 Å². The molecular formula is C16H27N3OS. The first-order valence-corrected chi connectivity index (χ1v) is 9.01. The number of aromatic nitrogens is 1. The van der Waals surface area contributed by atoms with Gasteiger partial charge in [-0.25, -0.2) is 4.98 Å². The minimum atomic E-state index is 0.234. The zero-order valence-corrected chi connectivity index (χ0v) is 14.3. The number of ketones is 1. The van der Waals surface area contributed by atoms with Crippen LogP contribution in [0.15, 0.2) is 0 Å². The van der Waals surface area contributed by atoms with E-state index in [2.05, 4.69) is 35.6 Å². The number of anilines is 1. The van der Waals surface area contributed by atoms with Gasteiger partial charge in [-0.3, -0.25) is 4.79 Å². The van der Waals surface area contributed by atoms with Crippen molar-refractivity contribution in [2.45, 2.75) is 46.5 Å². The number of nitrogens with zero attached hydrogens (tertiary/aromatic N) is 3. The van der Waals surface area contributed by atoms with Crippen LogP contribution < -0.4 is 4.90 Å². The fraction of sp³-hybridized carbons (Fsp3) is 0.750. The average Bonchev–Trinajstić information content (AvgIpc) is 2.93. The Labute approximate surface area is 132 Å². The van der Waals surface area contributed by atoms with Crippen LogP contribution in [0.5, 0.6) is 0 Å². The Kier molecular flexibility index (Phi) is 6.18. The van der Waals surface area contributed by atoms with Crippen molar-refractivity contribution in [2.24, 2.45) is 0 Å². The van der Waals surface area contributed by atoms with E-state index in [-0.39, 0.29) is 5.78 Å². The first kappa shape index (κ1) is 16.4. The number of hydrogen-bond acceptors (Lipinski definition) is 5. The largest absolute Gasteiger partial charge is 0.348 e. The van der Waals surface area contributed by atoms with Gasteiger partial charge < -0.3 is 9.80 Å². The van der Waals surface area contributed by atoms with E-state index in [0.717, 1.165) is 62.8 Å². The molecule has 2 rings (SSSR count). The van der Waals surface area contributed by atoms with Gasteiger partial charge in [-0.15, -0.1) is 11.3 Å². The van der Waals surface area contributed by atoms with E-state index in [1.165, 1.54) is 4.88 Å². The molecule has 0 N–H and O–H groups in total. The Hall–Kier alpha value is -0.940. The lowest BCUT2D eigenvalue weighted by atomic mass is 10.0. The van der Waals surface area contributed by atoms with E-state index in [1.54, 1.807) is 11.3 Å². The van der Waals surface area contributed by atoms with Crippen LogP contribution in [0.1, 0.15) is 55.4 Å². The van der Waals surface area contributed by atoms with Gasteiger partial charge in [0.25, 0.3) is 0 Å². The van der Waals surface area contributed by atoms with Gasteiger partial charge in [0.2, 0.25) is 0 Å². The number of rotatable bonds is 8. The predicted octanol–water partition coefficient (Wildman–Crippen LogP) is 3.22. The Morgan fingerprint density at radius 1 is 1.10 bits per heavy atom. The molecule has 0 unspecified atom stereocenters. The zero-order valence-electron chi connectivity index (χ0n) is 13.5. The van der Waals surface area contributed by atoms with Crippen LogP contribution in [0.25, 0.3) is 0 Å². The molecule has 0 aromatic carbocycles. The monoisotopic (exact) mass is 309 g/mol. The van der Waals surface area contributed by atoms with Crippen molar-refractivity contribution >= 4 is 22.3 Å². The van der Waals surface area contributed by atoms with Gasteiger partial charge in [0.05, 0.1) is 0 Å². The topological polar surface area (TPSA) is 36.4 Å². The summed E-state index contributed by atoms with van der Waals surface area (Å²) < 4.78 is 0. The van der Waals surface area contributed by atoms with Gasteiger partial charge in [-0.05, 0) is 45.8 Å². The molecule has 1 aliphatic carbocycles. The second-order valence-electron chi connectivity index (χ2n) is 5.51.